The first kappa shape index (κ1) is 19.6. The molecule has 0 aliphatic heterocycles. The number of carbonyl (C=O) groups is 2. The number of hydrogen-bond donors (Lipinski definition) is 1. The minimum Gasteiger partial charge on any atom is -0.481 e. The van der Waals surface area contributed by atoms with E-state index in [9.17, 15) is 9.59 Å². The van der Waals surface area contributed by atoms with Crippen LogP contribution in [0, 0.1) is 0 Å². The minimum atomic E-state index is -0.722. The van der Waals surface area contributed by atoms with Crippen LogP contribution < -0.4 is 0 Å². The van der Waals surface area contributed by atoms with Crippen molar-refractivity contribution in [1.29, 1.82) is 0 Å². The van der Waals surface area contributed by atoms with Crippen molar-refractivity contribution in [2.24, 2.45) is 0 Å². The molecule has 1 N–H and O–H groups in total. The topological polar surface area (TPSA) is 54.4 Å². The van der Waals surface area contributed by atoms with Gasteiger partial charge in [-0.05, 0) is 19.3 Å². The van der Waals surface area contributed by atoms with Crippen LogP contribution in [-0.4, -0.2) is 16.9 Å². The summed E-state index contributed by atoms with van der Waals surface area (Å²) in [5.41, 5.74) is 0. The van der Waals surface area contributed by atoms with Crippen molar-refractivity contribution < 1.29 is 14.7 Å². The Hall–Kier alpha value is -1.38. The molecule has 120 valence electrons. The third kappa shape index (κ3) is 16.6. The van der Waals surface area contributed by atoms with E-state index in [0.717, 1.165) is 38.5 Å². The fourth-order valence-electron chi connectivity index (χ4n) is 2.01. The van der Waals surface area contributed by atoms with Crippen molar-refractivity contribution in [3.05, 3.63) is 24.3 Å². The maximum absolute atomic E-state index is 11.6. The van der Waals surface area contributed by atoms with Gasteiger partial charge in [-0.1, -0.05) is 63.3 Å². The maximum atomic E-state index is 11.6. The van der Waals surface area contributed by atoms with Crippen LogP contribution in [0.5, 0.6) is 0 Å². The molecule has 21 heavy (non-hydrogen) atoms. The van der Waals surface area contributed by atoms with Crippen LogP contribution >= 0.6 is 0 Å². The lowest BCUT2D eigenvalue weighted by Crippen LogP contribution is -1.96. The second-order valence-electron chi connectivity index (χ2n) is 5.40. The Morgan fingerprint density at radius 2 is 1.48 bits per heavy atom. The molecule has 3 heteroatoms. The van der Waals surface area contributed by atoms with Gasteiger partial charge >= 0.3 is 5.97 Å². The summed E-state index contributed by atoms with van der Waals surface area (Å²) in [6.45, 7) is 2.18. The third-order valence-electron chi connectivity index (χ3n) is 3.30. The summed E-state index contributed by atoms with van der Waals surface area (Å²) in [7, 11) is 0. The van der Waals surface area contributed by atoms with Gasteiger partial charge in [0.2, 0.25) is 0 Å². The van der Waals surface area contributed by atoms with Crippen molar-refractivity contribution in [2.45, 2.75) is 77.6 Å². The van der Waals surface area contributed by atoms with Gasteiger partial charge < -0.3 is 5.11 Å². The Morgan fingerprint density at radius 1 is 0.857 bits per heavy atom. The zero-order chi connectivity index (χ0) is 15.8. The Kier molecular flexibility index (Phi) is 14.0. The summed E-state index contributed by atoms with van der Waals surface area (Å²) in [4.78, 5) is 21.9. The van der Waals surface area contributed by atoms with Gasteiger partial charge in [0.15, 0.2) is 0 Å². The Morgan fingerprint density at radius 3 is 2.14 bits per heavy atom. The van der Waals surface area contributed by atoms with E-state index in [1.54, 1.807) is 0 Å². The first-order valence-electron chi connectivity index (χ1n) is 8.22. The minimum absolute atomic E-state index is 0.259. The average molecular weight is 294 g/mol. The van der Waals surface area contributed by atoms with Crippen LogP contribution in [0.2, 0.25) is 0 Å². The second-order valence-corrected chi connectivity index (χ2v) is 5.40. The fourth-order valence-corrected chi connectivity index (χ4v) is 2.01. The van der Waals surface area contributed by atoms with Crippen molar-refractivity contribution in [2.75, 3.05) is 0 Å². The molecular weight excluding hydrogens is 264 g/mol. The monoisotopic (exact) mass is 294 g/mol. The van der Waals surface area contributed by atoms with Crippen LogP contribution in [0.25, 0.3) is 0 Å². The molecule has 0 aliphatic carbocycles. The SMILES string of the molecule is CCCC/C=C/C=C/CC(=O)CCCCCCCC(=O)O. The largest absolute Gasteiger partial charge is 0.481 e. The molecule has 0 unspecified atom stereocenters. The number of unbranched alkanes of at least 4 members (excludes halogenated alkanes) is 6. The summed E-state index contributed by atoms with van der Waals surface area (Å²) >= 11 is 0. The first-order chi connectivity index (χ1) is 10.2. The summed E-state index contributed by atoms with van der Waals surface area (Å²) in [5.74, 6) is -0.431. The van der Waals surface area contributed by atoms with Gasteiger partial charge in [0.1, 0.15) is 5.78 Å². The first-order valence-corrected chi connectivity index (χ1v) is 8.22. The highest BCUT2D eigenvalue weighted by molar-refractivity contribution is 5.79. The molecule has 0 atom stereocenters. The molecule has 0 saturated heterocycles. The van der Waals surface area contributed by atoms with Crippen molar-refractivity contribution >= 4 is 11.8 Å². The van der Waals surface area contributed by atoms with E-state index in [1.165, 1.54) is 12.8 Å². The maximum Gasteiger partial charge on any atom is 0.303 e. The lowest BCUT2D eigenvalue weighted by atomic mass is 10.1. The number of allylic oxidation sites excluding steroid dienone is 4. The van der Waals surface area contributed by atoms with Gasteiger partial charge in [-0.2, -0.15) is 0 Å². The molecule has 0 aromatic rings. The molecule has 0 radical (unpaired) electrons. The molecule has 0 amide bonds. The van der Waals surface area contributed by atoms with E-state index in [-0.39, 0.29) is 6.42 Å². The number of aliphatic carboxylic acids is 1. The molecule has 0 heterocycles. The summed E-state index contributed by atoms with van der Waals surface area (Å²) < 4.78 is 0. The number of carboxylic acid groups (broad SMARTS) is 1. The van der Waals surface area contributed by atoms with Crippen molar-refractivity contribution in [3.63, 3.8) is 0 Å². The van der Waals surface area contributed by atoms with Crippen LogP contribution in [0.3, 0.4) is 0 Å². The zero-order valence-corrected chi connectivity index (χ0v) is 13.4. The highest BCUT2D eigenvalue weighted by Gasteiger charge is 2.00. The normalized spacial score (nSPS) is 11.5. The standard InChI is InChI=1S/C18H30O3/c1-2-3-4-5-6-8-11-14-17(19)15-12-9-7-10-13-16-18(20)21/h5-6,8,11H,2-4,7,9-10,12-16H2,1H3,(H,20,21)/b6-5+,11-8+. The van der Waals surface area contributed by atoms with Crippen LogP contribution in [0.15, 0.2) is 24.3 Å². The average Bonchev–Trinajstić information content (AvgIpc) is 2.45. The van der Waals surface area contributed by atoms with Gasteiger partial charge in [0.25, 0.3) is 0 Å². The van der Waals surface area contributed by atoms with Crippen LogP contribution in [0.4, 0.5) is 0 Å². The Balaban J connectivity index is 3.40. The van der Waals surface area contributed by atoms with E-state index in [0.29, 0.717) is 18.6 Å². The molecule has 3 nitrogen and oxygen atoms in total. The molecule has 0 aromatic heterocycles. The fraction of sp³-hybridized carbons (Fsp3) is 0.667. The summed E-state index contributed by atoms with van der Waals surface area (Å²) in [6.07, 6.45) is 17.7. The summed E-state index contributed by atoms with van der Waals surface area (Å²) in [6, 6.07) is 0. The Bertz CT molecular complexity index is 329. The van der Waals surface area contributed by atoms with E-state index in [2.05, 4.69) is 13.0 Å². The number of carboxylic acids is 1. The summed E-state index contributed by atoms with van der Waals surface area (Å²) in [5, 5.41) is 8.50. The number of Topliss-reactive ketones (excluding diaryl/α,β-unsaturated/α-hetero) is 1. The molecule has 0 aromatic carbocycles. The lowest BCUT2D eigenvalue weighted by Gasteiger charge is -1.99. The van der Waals surface area contributed by atoms with Gasteiger partial charge in [0, 0.05) is 19.3 Å². The smallest absolute Gasteiger partial charge is 0.303 e. The van der Waals surface area contributed by atoms with Crippen molar-refractivity contribution in [3.8, 4) is 0 Å². The quantitative estimate of drug-likeness (QED) is 0.360. The van der Waals surface area contributed by atoms with Crippen molar-refractivity contribution in [1.82, 2.24) is 0 Å². The molecule has 0 spiro atoms. The van der Waals surface area contributed by atoms with E-state index >= 15 is 0 Å². The molecule has 0 rings (SSSR count). The zero-order valence-electron chi connectivity index (χ0n) is 13.4. The third-order valence-corrected chi connectivity index (χ3v) is 3.30. The van der Waals surface area contributed by atoms with Gasteiger partial charge in [-0.15, -0.1) is 0 Å². The van der Waals surface area contributed by atoms with Gasteiger partial charge in [-0.3, -0.25) is 9.59 Å². The number of carbonyl (C=O) groups excluding carboxylic acids is 1. The highest BCUT2D eigenvalue weighted by Crippen LogP contribution is 2.08. The lowest BCUT2D eigenvalue weighted by molar-refractivity contribution is -0.137. The molecular formula is C18H30O3. The molecule has 0 fully saturated rings. The number of hydrogen-bond acceptors (Lipinski definition) is 2. The second kappa shape index (κ2) is 15.0. The predicted molar refractivity (Wildman–Crippen MR) is 87.4 cm³/mol. The molecule has 0 saturated carbocycles. The van der Waals surface area contributed by atoms with Crippen LogP contribution in [-0.2, 0) is 9.59 Å². The number of ketones is 1. The highest BCUT2D eigenvalue weighted by atomic mass is 16.4. The number of rotatable bonds is 14. The van der Waals surface area contributed by atoms with E-state index in [4.69, 9.17) is 5.11 Å². The van der Waals surface area contributed by atoms with E-state index < -0.39 is 5.97 Å². The van der Waals surface area contributed by atoms with Crippen LogP contribution in [0.1, 0.15) is 77.6 Å². The van der Waals surface area contributed by atoms with E-state index in [1.807, 2.05) is 18.2 Å². The predicted octanol–water partition coefficient (Wildman–Crippen LogP) is 5.06. The van der Waals surface area contributed by atoms with Gasteiger partial charge in [-0.25, -0.2) is 0 Å². The molecule has 0 aliphatic rings. The molecule has 0 bridgehead atoms. The Labute approximate surface area is 129 Å². The van der Waals surface area contributed by atoms with Gasteiger partial charge in [0.05, 0.1) is 0 Å².